The zero-order valence-electron chi connectivity index (χ0n) is 21.2. The minimum Gasteiger partial charge on any atom is -0.790 e. The molecule has 0 aromatic heterocycles. The molecule has 3 aliphatic rings. The maximum absolute atomic E-state index is 12.5. The number of aryl methyl sites for hydroxylation is 1. The van der Waals surface area contributed by atoms with Gasteiger partial charge in [0.2, 0.25) is 0 Å². The second-order valence-electron chi connectivity index (χ2n) is 9.67. The quantitative estimate of drug-likeness (QED) is 0.194. The molecule has 0 radical (unpaired) electrons. The van der Waals surface area contributed by atoms with E-state index in [9.17, 15) is 19.1 Å². The summed E-state index contributed by atoms with van der Waals surface area (Å²) in [7, 11) is -5.00. The van der Waals surface area contributed by atoms with Gasteiger partial charge in [0.25, 0.3) is 0 Å². The second-order valence-corrected chi connectivity index (χ2v) is 11.5. The van der Waals surface area contributed by atoms with E-state index in [0.717, 1.165) is 32.1 Å². The van der Waals surface area contributed by atoms with Crippen molar-refractivity contribution in [2.24, 2.45) is 17.3 Å². The average molecular weight is 582 g/mol. The second kappa shape index (κ2) is 14.7. The Balaban J connectivity index is 0.00000216. The number of fused-ring (bicyclic) bond motifs is 5. The molecular formula is C23H32Cl2NNa2O7P. The van der Waals surface area contributed by atoms with Gasteiger partial charge in [-0.05, 0) is 85.0 Å². The summed E-state index contributed by atoms with van der Waals surface area (Å²) in [4.78, 5) is 36.5. The van der Waals surface area contributed by atoms with Gasteiger partial charge in [-0.3, -0.25) is 0 Å². The van der Waals surface area contributed by atoms with E-state index < -0.39 is 20.0 Å². The number of ether oxygens (including phenoxy) is 1. The first kappa shape index (κ1) is 35.2. The predicted molar refractivity (Wildman–Crippen MR) is 126 cm³/mol. The Morgan fingerprint density at radius 3 is 2.42 bits per heavy atom. The van der Waals surface area contributed by atoms with Crippen molar-refractivity contribution in [3.05, 3.63) is 29.3 Å². The van der Waals surface area contributed by atoms with Crippen molar-refractivity contribution in [3.8, 4) is 5.75 Å². The Morgan fingerprint density at radius 2 is 1.81 bits per heavy atom. The Hall–Kier alpha value is 1.14. The Morgan fingerprint density at radius 1 is 1.14 bits per heavy atom. The molecule has 192 valence electrons. The maximum Gasteiger partial charge on any atom is 1.00 e. The minimum absolute atomic E-state index is 0. The molecule has 2 fully saturated rings. The van der Waals surface area contributed by atoms with Gasteiger partial charge in [-0.25, -0.2) is 4.79 Å². The van der Waals surface area contributed by atoms with Gasteiger partial charge >= 0.3 is 65.2 Å². The van der Waals surface area contributed by atoms with Crippen molar-refractivity contribution >= 4 is 37.1 Å². The summed E-state index contributed by atoms with van der Waals surface area (Å²) in [6.07, 6.45) is 4.12. The number of halogens is 2. The summed E-state index contributed by atoms with van der Waals surface area (Å²) in [6.45, 7) is 2.84. The fraction of sp³-hybridized carbons (Fsp3) is 0.696. The number of carbonyl (C=O) groups is 1. The van der Waals surface area contributed by atoms with Gasteiger partial charge in [-0.2, -0.15) is 0 Å². The Kier molecular flexibility index (Phi) is 14.3. The molecule has 1 aromatic rings. The molecule has 1 aromatic carbocycles. The van der Waals surface area contributed by atoms with Crippen LogP contribution >= 0.6 is 31.0 Å². The van der Waals surface area contributed by atoms with Crippen LogP contribution in [0.3, 0.4) is 0 Å². The summed E-state index contributed by atoms with van der Waals surface area (Å²) < 4.78 is 21.9. The molecule has 0 bridgehead atoms. The van der Waals surface area contributed by atoms with Crippen LogP contribution in [0.2, 0.25) is 0 Å². The van der Waals surface area contributed by atoms with Crippen LogP contribution in [0.15, 0.2) is 18.2 Å². The first-order valence-corrected chi connectivity index (χ1v) is 14.1. The van der Waals surface area contributed by atoms with Crippen LogP contribution in [0.25, 0.3) is 0 Å². The third-order valence-corrected chi connectivity index (χ3v) is 8.89. The van der Waals surface area contributed by atoms with Crippen molar-refractivity contribution in [1.82, 2.24) is 4.90 Å². The smallest absolute Gasteiger partial charge is 0.790 e. The van der Waals surface area contributed by atoms with Crippen molar-refractivity contribution in [2.75, 3.05) is 24.8 Å². The van der Waals surface area contributed by atoms with Crippen LogP contribution in [-0.2, 0) is 15.5 Å². The molecule has 2 N–H and O–H groups in total. The summed E-state index contributed by atoms with van der Waals surface area (Å²) in [6, 6.07) is 5.87. The van der Waals surface area contributed by atoms with E-state index in [1.807, 2.05) is 12.1 Å². The Labute approximate surface area is 267 Å². The van der Waals surface area contributed by atoms with E-state index in [2.05, 4.69) is 13.0 Å². The first-order chi connectivity index (χ1) is 15.7. The molecule has 2 saturated carbocycles. The number of phosphoric ester groups is 1. The van der Waals surface area contributed by atoms with Crippen LogP contribution < -0.4 is 73.6 Å². The molecule has 4 rings (SSSR count). The number of alkyl halides is 2. The van der Waals surface area contributed by atoms with Crippen molar-refractivity contribution in [3.63, 3.8) is 0 Å². The number of phosphoric acid groups is 1. The van der Waals surface area contributed by atoms with E-state index in [4.69, 9.17) is 32.5 Å². The molecule has 13 heteroatoms. The summed E-state index contributed by atoms with van der Waals surface area (Å²) in [5, 5.41) is 0. The van der Waals surface area contributed by atoms with Gasteiger partial charge in [-0.1, -0.05) is 13.0 Å². The normalized spacial score (nSPS) is 28.2. The summed E-state index contributed by atoms with van der Waals surface area (Å²) in [5.74, 6) is 2.28. The maximum atomic E-state index is 12.5. The standard InChI is InChI=1S/C23H32Cl2NO6P.2Na.H2O/c1-23-9-8-18-17-5-3-16(31-22(27)26(12-10-24)13-11-25)14-15(17)2-4-19(18)20(23)6-7-21(23)32-33(28,29)30;;;/h3,5,14,18-21H,2,4,6-13H2,1H3,(H2,28,29,30);;;1H2/q;2*+1;/p-2/t18-,19-,20+,21+,23+;;;/m1.../s1. The molecule has 0 heterocycles. The molecular weight excluding hydrogens is 550 g/mol. The van der Waals surface area contributed by atoms with Gasteiger partial charge in [0, 0.05) is 24.8 Å². The topological polar surface area (TPSA) is 133 Å². The van der Waals surface area contributed by atoms with Gasteiger partial charge in [0.15, 0.2) is 0 Å². The Bertz CT molecular complexity index is 934. The fourth-order valence-corrected chi connectivity index (χ4v) is 7.63. The largest absolute Gasteiger partial charge is 1.00 e. The number of carbonyl (C=O) groups excluding carboxylic acids is 1. The van der Waals surface area contributed by atoms with Crippen LogP contribution in [-0.4, -0.2) is 47.4 Å². The third-order valence-electron chi connectivity index (χ3n) is 8.04. The van der Waals surface area contributed by atoms with Gasteiger partial charge in [-0.15, -0.1) is 23.2 Å². The third kappa shape index (κ3) is 7.66. The molecule has 0 unspecified atom stereocenters. The van der Waals surface area contributed by atoms with Crippen LogP contribution in [0, 0.1) is 17.3 Å². The number of hydrogen-bond donors (Lipinski definition) is 0. The van der Waals surface area contributed by atoms with Crippen LogP contribution in [0.4, 0.5) is 4.79 Å². The summed E-state index contributed by atoms with van der Waals surface area (Å²) >= 11 is 11.6. The zero-order chi connectivity index (χ0) is 23.8. The SMILES string of the molecule is C[C@]12CC[C@@H]3c4ccc(OC(=O)N(CCCl)CCCl)cc4CC[C@H]3[C@@H]1CC[C@@H]2OP(=O)([O-])[O-].O.[Na+].[Na+]. The van der Waals surface area contributed by atoms with Crippen LogP contribution in [0.1, 0.15) is 56.1 Å². The molecule has 8 nitrogen and oxygen atoms in total. The van der Waals surface area contributed by atoms with Gasteiger partial charge in [0.05, 0.1) is 13.9 Å². The van der Waals surface area contributed by atoms with E-state index in [1.54, 1.807) is 0 Å². The molecule has 3 aliphatic carbocycles. The molecule has 1 amide bonds. The predicted octanol–water partition coefficient (Wildman–Crippen LogP) is -2.78. The monoisotopic (exact) mass is 581 g/mol. The van der Waals surface area contributed by atoms with E-state index in [0.29, 0.717) is 54.8 Å². The summed E-state index contributed by atoms with van der Waals surface area (Å²) in [5.41, 5.74) is 2.20. The minimum atomic E-state index is -5.00. The van der Waals surface area contributed by atoms with E-state index in [-0.39, 0.29) is 70.0 Å². The van der Waals surface area contributed by atoms with Gasteiger partial charge < -0.3 is 34.0 Å². The molecule has 36 heavy (non-hydrogen) atoms. The first-order valence-electron chi connectivity index (χ1n) is 11.6. The van der Waals surface area contributed by atoms with E-state index in [1.165, 1.54) is 16.0 Å². The number of hydrogen-bond acceptors (Lipinski definition) is 6. The molecule has 5 atom stereocenters. The van der Waals surface area contributed by atoms with E-state index >= 15 is 0 Å². The van der Waals surface area contributed by atoms with Crippen molar-refractivity contribution in [2.45, 2.75) is 57.5 Å². The molecule has 0 aliphatic heterocycles. The number of benzene rings is 1. The van der Waals surface area contributed by atoms with Gasteiger partial charge in [0.1, 0.15) is 5.75 Å². The average Bonchev–Trinajstić information content (AvgIpc) is 3.08. The molecule has 0 saturated heterocycles. The number of amides is 1. The van der Waals surface area contributed by atoms with Crippen molar-refractivity contribution in [1.29, 1.82) is 0 Å². The fourth-order valence-electron chi connectivity index (χ4n) is 6.57. The zero-order valence-corrected chi connectivity index (χ0v) is 27.6. The molecule has 0 spiro atoms. The van der Waals surface area contributed by atoms with Crippen molar-refractivity contribution < 1.29 is 93.0 Å². The number of nitrogens with zero attached hydrogens (tertiary/aromatic N) is 1. The number of rotatable bonds is 7. The van der Waals surface area contributed by atoms with Crippen LogP contribution in [0.5, 0.6) is 5.75 Å².